The molecule has 108 valence electrons. The van der Waals surface area contributed by atoms with Crippen LogP contribution in [0.5, 0.6) is 0 Å². The normalized spacial score (nSPS) is 12.2. The molecule has 0 fully saturated rings. The number of ether oxygens (including phenoxy) is 1. The first-order chi connectivity index (χ1) is 10.2. The van der Waals surface area contributed by atoms with Crippen LogP contribution in [0.25, 0.3) is 6.08 Å². The number of pyridine rings is 1. The molecule has 0 aliphatic heterocycles. The summed E-state index contributed by atoms with van der Waals surface area (Å²) >= 11 is 0. The molecule has 0 saturated heterocycles. The summed E-state index contributed by atoms with van der Waals surface area (Å²) in [6.07, 6.45) is 4.54. The van der Waals surface area contributed by atoms with E-state index < -0.39 is 16.8 Å². The Labute approximate surface area is 125 Å². The minimum absolute atomic E-state index is 0.324. The summed E-state index contributed by atoms with van der Waals surface area (Å²) < 4.78 is 17.4. The van der Waals surface area contributed by atoms with Gasteiger partial charge in [0, 0.05) is 12.3 Å². The molecule has 1 atom stereocenters. The number of nitrogens with zero attached hydrogens (tertiary/aromatic N) is 1. The highest BCUT2D eigenvalue weighted by Gasteiger charge is 2.11. The zero-order chi connectivity index (χ0) is 15.1. The number of benzene rings is 1. The number of hydrogen-bond donors (Lipinski definition) is 0. The van der Waals surface area contributed by atoms with Gasteiger partial charge < -0.3 is 4.74 Å². The fraction of sp³-hybridized carbons (Fsp3) is 0.125. The zero-order valence-electron chi connectivity index (χ0n) is 11.6. The van der Waals surface area contributed by atoms with E-state index in [2.05, 4.69) is 4.98 Å². The predicted octanol–water partition coefficient (Wildman–Crippen LogP) is 2.82. The van der Waals surface area contributed by atoms with Crippen LogP contribution >= 0.6 is 0 Å². The highest BCUT2D eigenvalue weighted by Crippen LogP contribution is 2.19. The number of rotatable bonds is 5. The van der Waals surface area contributed by atoms with Crippen LogP contribution in [-0.4, -0.2) is 21.8 Å². The average molecular weight is 301 g/mol. The van der Waals surface area contributed by atoms with Crippen molar-refractivity contribution in [1.82, 2.24) is 4.98 Å². The molecule has 2 rings (SSSR count). The van der Waals surface area contributed by atoms with Gasteiger partial charge in [-0.25, -0.2) is 14.0 Å². The molecule has 1 aromatic heterocycles. The monoisotopic (exact) mass is 301 g/mol. The van der Waals surface area contributed by atoms with E-state index in [4.69, 9.17) is 4.74 Å². The lowest BCUT2D eigenvalue weighted by Crippen LogP contribution is -2.00. The maximum Gasteiger partial charge on any atom is 0.330 e. The molecule has 0 spiro atoms. The van der Waals surface area contributed by atoms with E-state index in [1.54, 1.807) is 55.6 Å². The van der Waals surface area contributed by atoms with E-state index in [1.165, 1.54) is 6.08 Å². The number of esters is 1. The standard InChI is InChI=1S/C16H15NO3S/c1-2-20-16(18)11-10-13-7-3-4-8-14(13)21(19)15-9-5-6-12-17-15/h3-12H,2H2,1H3/b11-10+. The molecule has 0 aliphatic rings. The third kappa shape index (κ3) is 4.10. The summed E-state index contributed by atoms with van der Waals surface area (Å²) in [6.45, 7) is 2.07. The Hall–Kier alpha value is -2.27. The maximum absolute atomic E-state index is 12.5. The van der Waals surface area contributed by atoms with Gasteiger partial charge in [-0.2, -0.15) is 0 Å². The Morgan fingerprint density at radius 1 is 1.24 bits per heavy atom. The van der Waals surface area contributed by atoms with Gasteiger partial charge in [0.15, 0.2) is 0 Å². The second kappa shape index (κ2) is 7.50. The second-order valence-electron chi connectivity index (χ2n) is 4.06. The Morgan fingerprint density at radius 2 is 2.00 bits per heavy atom. The van der Waals surface area contributed by atoms with Crippen molar-refractivity contribution >= 4 is 22.8 Å². The van der Waals surface area contributed by atoms with Crippen molar-refractivity contribution < 1.29 is 13.7 Å². The summed E-state index contributed by atoms with van der Waals surface area (Å²) in [5.74, 6) is -0.420. The van der Waals surface area contributed by atoms with Crippen LogP contribution in [0.3, 0.4) is 0 Å². The molecule has 0 radical (unpaired) electrons. The van der Waals surface area contributed by atoms with Crippen molar-refractivity contribution in [3.63, 3.8) is 0 Å². The van der Waals surface area contributed by atoms with Crippen LogP contribution in [-0.2, 0) is 20.3 Å². The van der Waals surface area contributed by atoms with E-state index in [9.17, 15) is 9.00 Å². The molecule has 21 heavy (non-hydrogen) atoms. The molecule has 0 saturated carbocycles. The molecular formula is C16H15NO3S. The Morgan fingerprint density at radius 3 is 2.71 bits per heavy atom. The lowest BCUT2D eigenvalue weighted by Gasteiger charge is -2.05. The average Bonchev–Trinajstić information content (AvgIpc) is 2.54. The molecule has 1 unspecified atom stereocenters. The van der Waals surface area contributed by atoms with Crippen LogP contribution in [0, 0.1) is 0 Å². The van der Waals surface area contributed by atoms with Gasteiger partial charge >= 0.3 is 5.97 Å². The molecule has 2 aromatic rings. The van der Waals surface area contributed by atoms with Crippen LogP contribution in [0.1, 0.15) is 12.5 Å². The quantitative estimate of drug-likeness (QED) is 0.629. The van der Waals surface area contributed by atoms with Gasteiger partial charge in [0.2, 0.25) is 0 Å². The van der Waals surface area contributed by atoms with Crippen LogP contribution in [0.15, 0.2) is 64.7 Å². The second-order valence-corrected chi connectivity index (χ2v) is 5.46. The zero-order valence-corrected chi connectivity index (χ0v) is 12.4. The first-order valence-electron chi connectivity index (χ1n) is 6.49. The van der Waals surface area contributed by atoms with E-state index in [-0.39, 0.29) is 0 Å². The molecular weight excluding hydrogens is 286 g/mol. The van der Waals surface area contributed by atoms with Gasteiger partial charge in [-0.05, 0) is 36.8 Å². The van der Waals surface area contributed by atoms with Crippen LogP contribution in [0.2, 0.25) is 0 Å². The highest BCUT2D eigenvalue weighted by atomic mass is 32.2. The Bertz CT molecular complexity index is 668. The van der Waals surface area contributed by atoms with Crippen molar-refractivity contribution in [3.05, 3.63) is 60.3 Å². The van der Waals surface area contributed by atoms with Crippen molar-refractivity contribution in [2.45, 2.75) is 16.8 Å². The minimum atomic E-state index is -1.39. The molecule has 1 aromatic carbocycles. The molecule has 0 bridgehead atoms. The molecule has 0 amide bonds. The topological polar surface area (TPSA) is 56.3 Å². The fourth-order valence-corrected chi connectivity index (χ4v) is 2.84. The third-order valence-electron chi connectivity index (χ3n) is 2.63. The smallest absolute Gasteiger partial charge is 0.330 e. The lowest BCUT2D eigenvalue weighted by molar-refractivity contribution is -0.137. The van der Waals surface area contributed by atoms with Gasteiger partial charge in [0.1, 0.15) is 15.8 Å². The third-order valence-corrected chi connectivity index (χ3v) is 4.02. The largest absolute Gasteiger partial charge is 0.463 e. The van der Waals surface area contributed by atoms with Gasteiger partial charge in [0.05, 0.1) is 11.5 Å². The maximum atomic E-state index is 12.5. The molecule has 0 aliphatic carbocycles. The van der Waals surface area contributed by atoms with Gasteiger partial charge in [0.25, 0.3) is 0 Å². The van der Waals surface area contributed by atoms with Gasteiger partial charge in [-0.1, -0.05) is 24.3 Å². The fourth-order valence-electron chi connectivity index (χ4n) is 1.70. The van der Waals surface area contributed by atoms with Crippen molar-refractivity contribution in [2.75, 3.05) is 6.61 Å². The predicted molar refractivity (Wildman–Crippen MR) is 81.0 cm³/mol. The van der Waals surface area contributed by atoms with Gasteiger partial charge in [-0.15, -0.1) is 0 Å². The van der Waals surface area contributed by atoms with Crippen molar-refractivity contribution in [3.8, 4) is 0 Å². The molecule has 5 heteroatoms. The molecule has 0 N–H and O–H groups in total. The number of hydrogen-bond acceptors (Lipinski definition) is 4. The number of carbonyl (C=O) groups is 1. The summed E-state index contributed by atoms with van der Waals surface area (Å²) in [5.41, 5.74) is 0.703. The van der Waals surface area contributed by atoms with Gasteiger partial charge in [-0.3, -0.25) is 0 Å². The molecule has 4 nitrogen and oxygen atoms in total. The van der Waals surface area contributed by atoms with Crippen LogP contribution < -0.4 is 0 Å². The summed E-state index contributed by atoms with van der Waals surface area (Å²) in [4.78, 5) is 16.1. The first kappa shape index (κ1) is 15.1. The van der Waals surface area contributed by atoms with E-state index >= 15 is 0 Å². The summed E-state index contributed by atoms with van der Waals surface area (Å²) in [5, 5.41) is 0.481. The number of aromatic nitrogens is 1. The SMILES string of the molecule is CCOC(=O)/C=C/c1ccccc1S(=O)c1ccccn1. The van der Waals surface area contributed by atoms with E-state index in [1.807, 2.05) is 6.07 Å². The highest BCUT2D eigenvalue weighted by molar-refractivity contribution is 7.85. The lowest BCUT2D eigenvalue weighted by atomic mass is 10.2. The Kier molecular flexibility index (Phi) is 5.40. The van der Waals surface area contributed by atoms with Crippen molar-refractivity contribution in [1.29, 1.82) is 0 Å². The van der Waals surface area contributed by atoms with Crippen LogP contribution in [0.4, 0.5) is 0 Å². The minimum Gasteiger partial charge on any atom is -0.463 e. The molecule has 1 heterocycles. The summed E-state index contributed by atoms with van der Waals surface area (Å²) in [6, 6.07) is 12.5. The van der Waals surface area contributed by atoms with Crippen molar-refractivity contribution in [2.24, 2.45) is 0 Å². The van der Waals surface area contributed by atoms with E-state index in [0.717, 1.165) is 0 Å². The summed E-state index contributed by atoms with van der Waals surface area (Å²) in [7, 11) is -1.39. The first-order valence-corrected chi connectivity index (χ1v) is 7.64. The number of carbonyl (C=O) groups excluding carboxylic acids is 1. The Balaban J connectivity index is 2.29. The van der Waals surface area contributed by atoms with E-state index in [0.29, 0.717) is 22.1 Å².